The molecule has 0 aromatic carbocycles. The Morgan fingerprint density at radius 3 is 2.67 bits per heavy atom. The molecule has 0 saturated heterocycles. The summed E-state index contributed by atoms with van der Waals surface area (Å²) in [7, 11) is 4.02. The van der Waals surface area contributed by atoms with E-state index in [1.165, 1.54) is 0 Å². The van der Waals surface area contributed by atoms with E-state index in [4.69, 9.17) is 5.73 Å². The van der Waals surface area contributed by atoms with Gasteiger partial charge in [0, 0.05) is 24.5 Å². The predicted octanol–water partition coefficient (Wildman–Crippen LogP) is 0.180. The smallest absolute Gasteiger partial charge is 0.223 e. The minimum Gasteiger partial charge on any atom is -0.352 e. The normalized spacial score (nSPS) is 28.1. The van der Waals surface area contributed by atoms with E-state index < -0.39 is 0 Å². The van der Waals surface area contributed by atoms with Crippen LogP contribution in [-0.2, 0) is 4.79 Å². The highest BCUT2D eigenvalue weighted by Gasteiger charge is 2.28. The summed E-state index contributed by atoms with van der Waals surface area (Å²) < 4.78 is 0. The summed E-state index contributed by atoms with van der Waals surface area (Å²) in [5, 5.41) is 3.04. The maximum Gasteiger partial charge on any atom is 0.223 e. The number of nitrogens with one attached hydrogen (secondary N) is 1. The summed E-state index contributed by atoms with van der Waals surface area (Å²) in [6, 6.07) is 0.439. The lowest BCUT2D eigenvalue weighted by Crippen LogP contribution is -2.42. The summed E-state index contributed by atoms with van der Waals surface area (Å²) in [6.07, 6.45) is 2.78. The lowest BCUT2D eigenvalue weighted by molar-refractivity contribution is -0.125. The highest BCUT2D eigenvalue weighted by molar-refractivity contribution is 5.79. The molecule has 1 rings (SSSR count). The Morgan fingerprint density at radius 2 is 2.20 bits per heavy atom. The van der Waals surface area contributed by atoms with E-state index in [2.05, 4.69) is 10.2 Å². The second kappa shape index (κ2) is 5.47. The van der Waals surface area contributed by atoms with Crippen LogP contribution in [0.2, 0.25) is 0 Å². The Hall–Kier alpha value is -0.610. The first-order valence-corrected chi connectivity index (χ1v) is 5.69. The molecule has 0 bridgehead atoms. The van der Waals surface area contributed by atoms with Crippen molar-refractivity contribution in [3.63, 3.8) is 0 Å². The van der Waals surface area contributed by atoms with Crippen molar-refractivity contribution in [2.45, 2.75) is 38.3 Å². The Labute approximate surface area is 92.2 Å². The molecular weight excluding hydrogens is 190 g/mol. The molecule has 88 valence electrons. The SMILES string of the molecule is CC(CN(C)C)NC(=O)C1CCC(N)C1. The third kappa shape index (κ3) is 4.18. The summed E-state index contributed by atoms with van der Waals surface area (Å²) in [6.45, 7) is 2.91. The summed E-state index contributed by atoms with van der Waals surface area (Å²) in [5.41, 5.74) is 5.79. The van der Waals surface area contributed by atoms with E-state index in [0.29, 0.717) is 0 Å². The molecule has 1 aliphatic rings. The van der Waals surface area contributed by atoms with Crippen LogP contribution in [0.5, 0.6) is 0 Å². The fourth-order valence-electron chi connectivity index (χ4n) is 2.21. The van der Waals surface area contributed by atoms with E-state index >= 15 is 0 Å². The van der Waals surface area contributed by atoms with Gasteiger partial charge >= 0.3 is 0 Å². The molecule has 0 heterocycles. The third-order valence-corrected chi connectivity index (χ3v) is 2.87. The Bertz CT molecular complexity index is 218. The number of carbonyl (C=O) groups is 1. The van der Waals surface area contributed by atoms with Crippen molar-refractivity contribution in [3.8, 4) is 0 Å². The first-order valence-electron chi connectivity index (χ1n) is 5.69. The number of hydrogen-bond acceptors (Lipinski definition) is 3. The van der Waals surface area contributed by atoms with Gasteiger partial charge in [0.1, 0.15) is 0 Å². The average molecular weight is 213 g/mol. The first-order chi connectivity index (χ1) is 6.99. The molecule has 0 aromatic heterocycles. The third-order valence-electron chi connectivity index (χ3n) is 2.87. The molecule has 15 heavy (non-hydrogen) atoms. The van der Waals surface area contributed by atoms with Gasteiger partial charge in [0.2, 0.25) is 5.91 Å². The zero-order valence-electron chi connectivity index (χ0n) is 9.99. The summed E-state index contributed by atoms with van der Waals surface area (Å²) in [4.78, 5) is 13.9. The monoisotopic (exact) mass is 213 g/mol. The number of likely N-dealkylation sites (N-methyl/N-ethyl adjacent to an activating group) is 1. The van der Waals surface area contributed by atoms with Crippen molar-refractivity contribution in [3.05, 3.63) is 0 Å². The van der Waals surface area contributed by atoms with Crippen LogP contribution in [0.15, 0.2) is 0 Å². The number of hydrogen-bond donors (Lipinski definition) is 2. The molecule has 3 atom stereocenters. The molecule has 3 N–H and O–H groups in total. The van der Waals surface area contributed by atoms with Crippen LogP contribution < -0.4 is 11.1 Å². The summed E-state index contributed by atoms with van der Waals surface area (Å²) >= 11 is 0. The first kappa shape index (κ1) is 12.5. The van der Waals surface area contributed by atoms with E-state index in [1.807, 2.05) is 21.0 Å². The molecule has 4 nitrogen and oxygen atoms in total. The summed E-state index contributed by atoms with van der Waals surface area (Å²) in [5.74, 6) is 0.321. The van der Waals surface area contributed by atoms with Crippen molar-refractivity contribution in [1.29, 1.82) is 0 Å². The number of nitrogens with zero attached hydrogens (tertiary/aromatic N) is 1. The molecular formula is C11H23N3O. The van der Waals surface area contributed by atoms with E-state index in [1.54, 1.807) is 0 Å². The van der Waals surface area contributed by atoms with Gasteiger partial charge in [0.05, 0.1) is 0 Å². The van der Waals surface area contributed by atoms with Gasteiger partial charge in [0.15, 0.2) is 0 Å². The Kier molecular flexibility index (Phi) is 4.54. The fourth-order valence-corrected chi connectivity index (χ4v) is 2.21. The minimum atomic E-state index is 0.143. The number of nitrogens with two attached hydrogens (primary N) is 1. The molecule has 0 aliphatic heterocycles. The van der Waals surface area contributed by atoms with Gasteiger partial charge < -0.3 is 16.0 Å². The van der Waals surface area contributed by atoms with E-state index in [0.717, 1.165) is 25.8 Å². The van der Waals surface area contributed by atoms with Gasteiger partial charge in [-0.15, -0.1) is 0 Å². The van der Waals surface area contributed by atoms with Crippen LogP contribution in [0.25, 0.3) is 0 Å². The van der Waals surface area contributed by atoms with Crippen LogP contribution in [0, 0.1) is 5.92 Å². The van der Waals surface area contributed by atoms with E-state index in [9.17, 15) is 4.79 Å². The molecule has 1 amide bonds. The van der Waals surface area contributed by atoms with Gasteiger partial charge in [-0.25, -0.2) is 0 Å². The Morgan fingerprint density at radius 1 is 1.53 bits per heavy atom. The highest BCUT2D eigenvalue weighted by Crippen LogP contribution is 2.24. The van der Waals surface area contributed by atoms with Gasteiger partial charge in [-0.05, 0) is 40.3 Å². The van der Waals surface area contributed by atoms with Gasteiger partial charge in [-0.3, -0.25) is 4.79 Å². The maximum atomic E-state index is 11.8. The lowest BCUT2D eigenvalue weighted by Gasteiger charge is -2.20. The zero-order valence-corrected chi connectivity index (χ0v) is 9.99. The van der Waals surface area contributed by atoms with Crippen molar-refractivity contribution in [1.82, 2.24) is 10.2 Å². The standard InChI is InChI=1S/C11H23N3O/c1-8(7-14(2)3)13-11(15)9-4-5-10(12)6-9/h8-10H,4-7,12H2,1-3H3,(H,13,15). The lowest BCUT2D eigenvalue weighted by atomic mass is 10.1. The molecule has 3 unspecified atom stereocenters. The molecule has 0 spiro atoms. The van der Waals surface area contributed by atoms with Gasteiger partial charge in [-0.1, -0.05) is 0 Å². The van der Waals surface area contributed by atoms with Crippen molar-refractivity contribution in [2.75, 3.05) is 20.6 Å². The van der Waals surface area contributed by atoms with Crippen LogP contribution >= 0.6 is 0 Å². The molecule has 1 saturated carbocycles. The maximum absolute atomic E-state index is 11.8. The van der Waals surface area contributed by atoms with Crippen molar-refractivity contribution in [2.24, 2.45) is 11.7 Å². The molecule has 0 aromatic rings. The van der Waals surface area contributed by atoms with Gasteiger partial charge in [-0.2, -0.15) is 0 Å². The number of carbonyl (C=O) groups excluding carboxylic acids is 1. The molecule has 4 heteroatoms. The van der Waals surface area contributed by atoms with Gasteiger partial charge in [0.25, 0.3) is 0 Å². The molecule has 1 aliphatic carbocycles. The molecule has 0 radical (unpaired) electrons. The predicted molar refractivity (Wildman–Crippen MR) is 61.5 cm³/mol. The van der Waals surface area contributed by atoms with Crippen molar-refractivity contribution >= 4 is 5.91 Å². The number of amides is 1. The van der Waals surface area contributed by atoms with Crippen molar-refractivity contribution < 1.29 is 4.79 Å². The Balaban J connectivity index is 2.29. The van der Waals surface area contributed by atoms with Crippen LogP contribution in [0.3, 0.4) is 0 Å². The average Bonchev–Trinajstić information content (AvgIpc) is 2.49. The second-order valence-corrected chi connectivity index (χ2v) is 4.94. The molecule has 1 fully saturated rings. The minimum absolute atomic E-state index is 0.143. The highest BCUT2D eigenvalue weighted by atomic mass is 16.1. The zero-order chi connectivity index (χ0) is 11.4. The van der Waals surface area contributed by atoms with Crippen LogP contribution in [-0.4, -0.2) is 43.5 Å². The second-order valence-electron chi connectivity index (χ2n) is 4.94. The van der Waals surface area contributed by atoms with Crippen LogP contribution in [0.4, 0.5) is 0 Å². The number of rotatable bonds is 4. The fraction of sp³-hybridized carbons (Fsp3) is 0.909. The quantitative estimate of drug-likeness (QED) is 0.700. The van der Waals surface area contributed by atoms with E-state index in [-0.39, 0.29) is 23.9 Å². The topological polar surface area (TPSA) is 58.4 Å². The van der Waals surface area contributed by atoms with Crippen LogP contribution in [0.1, 0.15) is 26.2 Å². The largest absolute Gasteiger partial charge is 0.352 e.